The summed E-state index contributed by atoms with van der Waals surface area (Å²) in [5, 5.41) is 18.5. The zero-order chi connectivity index (χ0) is 10.6. The first-order valence-corrected chi connectivity index (χ1v) is 4.28. The van der Waals surface area contributed by atoms with E-state index in [2.05, 4.69) is 6.58 Å². The molecule has 1 atom stereocenters. The number of aliphatic hydroxyl groups excluding tert-OH is 1. The second kappa shape index (κ2) is 4.58. The molecule has 0 saturated heterocycles. The predicted octanol–water partition coefficient (Wildman–Crippen LogP) is 1.99. The van der Waals surface area contributed by atoms with Gasteiger partial charge in [-0.25, -0.2) is 4.79 Å². The molecule has 0 aliphatic rings. The molecule has 0 heterocycles. The maximum absolute atomic E-state index is 10.8. The van der Waals surface area contributed by atoms with E-state index < -0.39 is 12.1 Å². The summed E-state index contributed by atoms with van der Waals surface area (Å²) in [6.07, 6.45) is 1.12. The fourth-order valence-corrected chi connectivity index (χ4v) is 1.27. The standard InChI is InChI=1S/C11H12O3/c1-2-5-10(12)8-6-3-4-7-9(8)11(13)14/h2-4,6-7,10,12H,1,5H2,(H,13,14). The summed E-state index contributed by atoms with van der Waals surface area (Å²) in [5.74, 6) is -1.02. The lowest BCUT2D eigenvalue weighted by Gasteiger charge is -2.10. The molecule has 14 heavy (non-hydrogen) atoms. The monoisotopic (exact) mass is 192 g/mol. The Morgan fingerprint density at radius 1 is 1.50 bits per heavy atom. The molecule has 3 heteroatoms. The number of benzene rings is 1. The third kappa shape index (κ3) is 2.20. The molecular weight excluding hydrogens is 180 g/mol. The first-order chi connectivity index (χ1) is 6.66. The van der Waals surface area contributed by atoms with E-state index in [9.17, 15) is 9.90 Å². The van der Waals surface area contributed by atoms with Gasteiger partial charge >= 0.3 is 5.97 Å². The molecule has 0 amide bonds. The van der Waals surface area contributed by atoms with Crippen LogP contribution in [0, 0.1) is 0 Å². The van der Waals surface area contributed by atoms with Gasteiger partial charge in [-0.05, 0) is 18.1 Å². The van der Waals surface area contributed by atoms with E-state index in [0.29, 0.717) is 12.0 Å². The molecule has 0 aromatic heterocycles. The topological polar surface area (TPSA) is 57.5 Å². The molecule has 3 nitrogen and oxygen atoms in total. The van der Waals surface area contributed by atoms with Gasteiger partial charge in [-0.3, -0.25) is 0 Å². The maximum Gasteiger partial charge on any atom is 0.336 e. The number of aromatic carboxylic acids is 1. The first-order valence-electron chi connectivity index (χ1n) is 4.28. The van der Waals surface area contributed by atoms with Crippen molar-refractivity contribution in [2.75, 3.05) is 0 Å². The molecule has 0 saturated carbocycles. The number of carboxylic acid groups (broad SMARTS) is 1. The number of hydrogen-bond acceptors (Lipinski definition) is 2. The van der Waals surface area contributed by atoms with Crippen LogP contribution in [0.4, 0.5) is 0 Å². The second-order valence-electron chi connectivity index (χ2n) is 2.93. The summed E-state index contributed by atoms with van der Waals surface area (Å²) in [7, 11) is 0. The van der Waals surface area contributed by atoms with Gasteiger partial charge in [0.25, 0.3) is 0 Å². The Bertz CT molecular complexity index is 344. The zero-order valence-electron chi connectivity index (χ0n) is 7.68. The van der Waals surface area contributed by atoms with Gasteiger partial charge in [0.2, 0.25) is 0 Å². The highest BCUT2D eigenvalue weighted by atomic mass is 16.4. The average molecular weight is 192 g/mol. The van der Waals surface area contributed by atoms with Crippen LogP contribution >= 0.6 is 0 Å². The van der Waals surface area contributed by atoms with E-state index >= 15 is 0 Å². The molecule has 0 aliphatic carbocycles. The van der Waals surface area contributed by atoms with Crippen LogP contribution in [0.15, 0.2) is 36.9 Å². The summed E-state index contributed by atoms with van der Waals surface area (Å²) < 4.78 is 0. The lowest BCUT2D eigenvalue weighted by molar-refractivity contribution is 0.0689. The van der Waals surface area contributed by atoms with Crippen molar-refractivity contribution in [3.63, 3.8) is 0 Å². The van der Waals surface area contributed by atoms with Crippen molar-refractivity contribution < 1.29 is 15.0 Å². The molecule has 1 unspecified atom stereocenters. The molecule has 0 bridgehead atoms. The summed E-state index contributed by atoms with van der Waals surface area (Å²) in [5.41, 5.74) is 0.571. The number of carbonyl (C=O) groups is 1. The molecule has 0 spiro atoms. The lowest BCUT2D eigenvalue weighted by atomic mass is 10.0. The lowest BCUT2D eigenvalue weighted by Crippen LogP contribution is -2.06. The molecule has 1 rings (SSSR count). The summed E-state index contributed by atoms with van der Waals surface area (Å²) in [6, 6.07) is 6.42. The van der Waals surface area contributed by atoms with Gasteiger partial charge in [0, 0.05) is 0 Å². The molecule has 2 N–H and O–H groups in total. The minimum atomic E-state index is -1.02. The van der Waals surface area contributed by atoms with Crippen LogP contribution < -0.4 is 0 Å². The Balaban J connectivity index is 3.06. The molecule has 1 aromatic carbocycles. The molecule has 74 valence electrons. The maximum atomic E-state index is 10.8. The van der Waals surface area contributed by atoms with Crippen molar-refractivity contribution in [2.24, 2.45) is 0 Å². The van der Waals surface area contributed by atoms with Crippen molar-refractivity contribution >= 4 is 5.97 Å². The normalized spacial score (nSPS) is 12.1. The number of hydrogen-bond donors (Lipinski definition) is 2. The van der Waals surface area contributed by atoms with Gasteiger partial charge in [0.1, 0.15) is 0 Å². The van der Waals surface area contributed by atoms with Gasteiger partial charge in [0.05, 0.1) is 11.7 Å². The summed E-state index contributed by atoms with van der Waals surface area (Å²) in [4.78, 5) is 10.8. The van der Waals surface area contributed by atoms with Crippen LogP contribution in [-0.2, 0) is 0 Å². The Kier molecular flexibility index (Phi) is 3.42. The molecule has 0 aliphatic heterocycles. The van der Waals surface area contributed by atoms with Crippen LogP contribution in [0.2, 0.25) is 0 Å². The van der Waals surface area contributed by atoms with Crippen LogP contribution in [-0.4, -0.2) is 16.2 Å². The van der Waals surface area contributed by atoms with E-state index in [1.165, 1.54) is 6.07 Å². The number of rotatable bonds is 4. The molecule has 0 fully saturated rings. The van der Waals surface area contributed by atoms with E-state index in [1.807, 2.05) is 0 Å². The van der Waals surface area contributed by atoms with Crippen LogP contribution in [0.5, 0.6) is 0 Å². The highest BCUT2D eigenvalue weighted by Crippen LogP contribution is 2.20. The Labute approximate surface area is 82.3 Å². The minimum Gasteiger partial charge on any atom is -0.478 e. The van der Waals surface area contributed by atoms with Gasteiger partial charge in [-0.15, -0.1) is 6.58 Å². The average Bonchev–Trinajstić information content (AvgIpc) is 2.18. The van der Waals surface area contributed by atoms with Crippen LogP contribution in [0.3, 0.4) is 0 Å². The third-order valence-electron chi connectivity index (χ3n) is 1.94. The largest absolute Gasteiger partial charge is 0.478 e. The van der Waals surface area contributed by atoms with Gasteiger partial charge in [-0.2, -0.15) is 0 Å². The second-order valence-corrected chi connectivity index (χ2v) is 2.93. The highest BCUT2D eigenvalue weighted by Gasteiger charge is 2.14. The van der Waals surface area contributed by atoms with Gasteiger partial charge < -0.3 is 10.2 Å². The van der Waals surface area contributed by atoms with Gasteiger partial charge in [-0.1, -0.05) is 24.3 Å². The van der Waals surface area contributed by atoms with Crippen molar-refractivity contribution in [3.8, 4) is 0 Å². The van der Waals surface area contributed by atoms with E-state index in [1.54, 1.807) is 24.3 Å². The molecular formula is C11H12O3. The molecule has 1 aromatic rings. The van der Waals surface area contributed by atoms with Gasteiger partial charge in [0.15, 0.2) is 0 Å². The quantitative estimate of drug-likeness (QED) is 0.717. The Morgan fingerprint density at radius 2 is 2.14 bits per heavy atom. The van der Waals surface area contributed by atoms with Crippen molar-refractivity contribution in [3.05, 3.63) is 48.0 Å². The summed E-state index contributed by atoms with van der Waals surface area (Å²) in [6.45, 7) is 3.49. The first kappa shape index (κ1) is 10.5. The fourth-order valence-electron chi connectivity index (χ4n) is 1.27. The van der Waals surface area contributed by atoms with E-state index in [0.717, 1.165) is 0 Å². The van der Waals surface area contributed by atoms with Crippen molar-refractivity contribution in [1.82, 2.24) is 0 Å². The fraction of sp³-hybridized carbons (Fsp3) is 0.182. The predicted molar refractivity (Wildman–Crippen MR) is 53.2 cm³/mol. The Hall–Kier alpha value is -1.61. The SMILES string of the molecule is C=CCC(O)c1ccccc1C(=O)O. The minimum absolute atomic E-state index is 0.141. The number of carboxylic acids is 1. The highest BCUT2D eigenvalue weighted by molar-refractivity contribution is 5.89. The Morgan fingerprint density at radius 3 is 2.71 bits per heavy atom. The molecule has 0 radical (unpaired) electrons. The van der Waals surface area contributed by atoms with Crippen LogP contribution in [0.1, 0.15) is 28.4 Å². The van der Waals surface area contributed by atoms with E-state index in [-0.39, 0.29) is 5.56 Å². The van der Waals surface area contributed by atoms with Crippen LogP contribution in [0.25, 0.3) is 0 Å². The van der Waals surface area contributed by atoms with Crippen molar-refractivity contribution in [1.29, 1.82) is 0 Å². The van der Waals surface area contributed by atoms with Crippen molar-refractivity contribution in [2.45, 2.75) is 12.5 Å². The summed E-state index contributed by atoms with van der Waals surface area (Å²) >= 11 is 0. The third-order valence-corrected chi connectivity index (χ3v) is 1.94. The van der Waals surface area contributed by atoms with E-state index in [4.69, 9.17) is 5.11 Å². The smallest absolute Gasteiger partial charge is 0.336 e. The number of aliphatic hydroxyl groups is 1. The zero-order valence-corrected chi connectivity index (χ0v) is 7.68.